The summed E-state index contributed by atoms with van der Waals surface area (Å²) in [6, 6.07) is 14.5. The third-order valence-corrected chi connectivity index (χ3v) is 4.71. The average molecular weight is 438 g/mol. The van der Waals surface area contributed by atoms with Gasteiger partial charge in [0.1, 0.15) is 0 Å². The number of alkyl halides is 3. The van der Waals surface area contributed by atoms with Gasteiger partial charge < -0.3 is 20.1 Å². The Bertz CT molecular complexity index is 827. The number of amides is 1. The molecule has 170 valence electrons. The van der Waals surface area contributed by atoms with Crippen LogP contribution in [0.25, 0.3) is 0 Å². The number of hydrogen-bond donors (Lipinski definition) is 2. The number of benzene rings is 2. The predicted molar refractivity (Wildman–Crippen MR) is 115 cm³/mol. The molecule has 2 aromatic carbocycles. The van der Waals surface area contributed by atoms with Crippen molar-refractivity contribution >= 4 is 11.6 Å². The average Bonchev–Trinajstić information content (AvgIpc) is 2.73. The Hall–Kier alpha value is -2.90. The van der Waals surface area contributed by atoms with Crippen LogP contribution in [0, 0.1) is 5.92 Å². The third kappa shape index (κ3) is 8.78. The molecule has 0 saturated carbocycles. The Kier molecular flexibility index (Phi) is 9.03. The zero-order valence-electron chi connectivity index (χ0n) is 18.0. The number of methoxy groups -OCH3 is 1. The van der Waals surface area contributed by atoms with Gasteiger partial charge in [-0.3, -0.25) is 4.79 Å². The standard InChI is InChI=1S/C23H29F3N2O3/c1-16(2)19(28-18-7-5-4-6-8-18)14-27-22(29)12-10-17-9-11-20(21(13-17)30-3)31-15-23(24,25)26/h4-9,11,13,16,19,28H,10,12,14-15H2,1-3H3,(H,27,29). The summed E-state index contributed by atoms with van der Waals surface area (Å²) in [6.07, 6.45) is -3.74. The first-order valence-electron chi connectivity index (χ1n) is 10.1. The molecule has 8 heteroatoms. The first kappa shape index (κ1) is 24.4. The number of nitrogens with one attached hydrogen (secondary N) is 2. The van der Waals surface area contributed by atoms with Crippen molar-refractivity contribution in [3.05, 3.63) is 54.1 Å². The lowest BCUT2D eigenvalue weighted by molar-refractivity contribution is -0.153. The van der Waals surface area contributed by atoms with Gasteiger partial charge in [-0.05, 0) is 42.2 Å². The van der Waals surface area contributed by atoms with E-state index in [-0.39, 0.29) is 29.9 Å². The molecule has 1 amide bonds. The lowest BCUT2D eigenvalue weighted by Crippen LogP contribution is -2.39. The van der Waals surface area contributed by atoms with Crippen LogP contribution >= 0.6 is 0 Å². The van der Waals surface area contributed by atoms with Crippen molar-refractivity contribution in [1.82, 2.24) is 5.32 Å². The van der Waals surface area contributed by atoms with Crippen molar-refractivity contribution in [2.24, 2.45) is 5.92 Å². The highest BCUT2D eigenvalue weighted by Gasteiger charge is 2.29. The molecule has 0 bridgehead atoms. The maximum absolute atomic E-state index is 12.4. The van der Waals surface area contributed by atoms with E-state index in [1.807, 2.05) is 30.3 Å². The molecule has 2 N–H and O–H groups in total. The molecule has 5 nitrogen and oxygen atoms in total. The number of rotatable bonds is 11. The molecule has 0 saturated heterocycles. The molecule has 0 aromatic heterocycles. The van der Waals surface area contributed by atoms with Crippen LogP contribution in [0.4, 0.5) is 18.9 Å². The number of halogens is 3. The monoisotopic (exact) mass is 438 g/mol. The normalized spacial score (nSPS) is 12.4. The van der Waals surface area contributed by atoms with E-state index in [1.165, 1.54) is 13.2 Å². The molecule has 1 atom stereocenters. The molecular formula is C23H29F3N2O3. The quantitative estimate of drug-likeness (QED) is 0.528. The zero-order chi connectivity index (χ0) is 22.9. The predicted octanol–water partition coefficient (Wildman–Crippen LogP) is 4.82. The van der Waals surface area contributed by atoms with Crippen LogP contribution in [-0.2, 0) is 11.2 Å². The molecule has 2 rings (SSSR count). The number of carbonyl (C=O) groups is 1. The van der Waals surface area contributed by atoms with Gasteiger partial charge in [0.2, 0.25) is 5.91 Å². The van der Waals surface area contributed by atoms with Crippen molar-refractivity contribution in [2.45, 2.75) is 38.9 Å². The van der Waals surface area contributed by atoms with E-state index in [2.05, 4.69) is 24.5 Å². The van der Waals surface area contributed by atoms with E-state index < -0.39 is 12.8 Å². The van der Waals surface area contributed by atoms with Crippen molar-refractivity contribution in [1.29, 1.82) is 0 Å². The van der Waals surface area contributed by atoms with Gasteiger partial charge in [-0.15, -0.1) is 0 Å². The molecule has 0 spiro atoms. The van der Waals surface area contributed by atoms with Crippen LogP contribution in [0.15, 0.2) is 48.5 Å². The summed E-state index contributed by atoms with van der Waals surface area (Å²) in [5.41, 5.74) is 1.77. The van der Waals surface area contributed by atoms with Gasteiger partial charge in [-0.2, -0.15) is 13.2 Å². The molecular weight excluding hydrogens is 409 g/mol. The Balaban J connectivity index is 1.85. The Morgan fingerprint density at radius 3 is 2.39 bits per heavy atom. The lowest BCUT2D eigenvalue weighted by atomic mass is 10.0. The van der Waals surface area contributed by atoms with Gasteiger partial charge in [0.25, 0.3) is 0 Å². The number of para-hydroxylation sites is 1. The maximum atomic E-state index is 12.4. The molecule has 0 fully saturated rings. The van der Waals surface area contributed by atoms with Crippen molar-refractivity contribution in [3.63, 3.8) is 0 Å². The molecule has 2 aromatic rings. The van der Waals surface area contributed by atoms with Gasteiger partial charge in [0.15, 0.2) is 18.1 Å². The molecule has 0 aliphatic rings. The summed E-state index contributed by atoms with van der Waals surface area (Å²) < 4.78 is 46.9. The molecule has 0 aliphatic heterocycles. The van der Waals surface area contributed by atoms with E-state index in [0.29, 0.717) is 18.9 Å². The van der Waals surface area contributed by atoms with Crippen LogP contribution in [0.3, 0.4) is 0 Å². The minimum Gasteiger partial charge on any atom is -0.493 e. The maximum Gasteiger partial charge on any atom is 0.422 e. The minimum absolute atomic E-state index is 0.0137. The summed E-state index contributed by atoms with van der Waals surface area (Å²) in [6.45, 7) is 3.26. The fourth-order valence-corrected chi connectivity index (χ4v) is 2.92. The highest BCUT2D eigenvalue weighted by Crippen LogP contribution is 2.30. The summed E-state index contributed by atoms with van der Waals surface area (Å²) in [7, 11) is 1.36. The summed E-state index contributed by atoms with van der Waals surface area (Å²) in [5.74, 6) is 0.430. The van der Waals surface area contributed by atoms with Gasteiger partial charge in [0.05, 0.1) is 7.11 Å². The third-order valence-electron chi connectivity index (χ3n) is 4.71. The van der Waals surface area contributed by atoms with Crippen molar-refractivity contribution in [3.8, 4) is 11.5 Å². The second-order valence-corrected chi connectivity index (χ2v) is 7.55. The van der Waals surface area contributed by atoms with Crippen molar-refractivity contribution in [2.75, 3.05) is 25.6 Å². The molecule has 0 aliphatic carbocycles. The van der Waals surface area contributed by atoms with Gasteiger partial charge in [0, 0.05) is 24.7 Å². The minimum atomic E-state index is -4.43. The van der Waals surface area contributed by atoms with Crippen LogP contribution in [0.1, 0.15) is 25.8 Å². The summed E-state index contributed by atoms with van der Waals surface area (Å²) in [5, 5.41) is 6.38. The fourth-order valence-electron chi connectivity index (χ4n) is 2.92. The van der Waals surface area contributed by atoms with Crippen LogP contribution in [0.2, 0.25) is 0 Å². The van der Waals surface area contributed by atoms with Crippen LogP contribution in [0.5, 0.6) is 11.5 Å². The first-order chi connectivity index (χ1) is 14.7. The van der Waals surface area contributed by atoms with E-state index in [4.69, 9.17) is 9.47 Å². The molecule has 31 heavy (non-hydrogen) atoms. The highest BCUT2D eigenvalue weighted by atomic mass is 19.4. The topological polar surface area (TPSA) is 59.6 Å². The number of hydrogen-bond acceptors (Lipinski definition) is 4. The summed E-state index contributed by atoms with van der Waals surface area (Å²) in [4.78, 5) is 12.3. The number of carbonyl (C=O) groups excluding carboxylic acids is 1. The molecule has 0 heterocycles. The smallest absolute Gasteiger partial charge is 0.422 e. The largest absolute Gasteiger partial charge is 0.493 e. The number of ether oxygens (including phenoxy) is 2. The molecule has 1 unspecified atom stereocenters. The van der Waals surface area contributed by atoms with Gasteiger partial charge in [-0.25, -0.2) is 0 Å². The van der Waals surface area contributed by atoms with E-state index in [9.17, 15) is 18.0 Å². The van der Waals surface area contributed by atoms with Crippen LogP contribution in [-0.4, -0.2) is 38.4 Å². The highest BCUT2D eigenvalue weighted by molar-refractivity contribution is 5.76. The lowest BCUT2D eigenvalue weighted by Gasteiger charge is -2.24. The van der Waals surface area contributed by atoms with Crippen molar-refractivity contribution < 1.29 is 27.4 Å². The number of aryl methyl sites for hydroxylation is 1. The van der Waals surface area contributed by atoms with E-state index in [0.717, 1.165) is 11.3 Å². The van der Waals surface area contributed by atoms with Gasteiger partial charge in [-0.1, -0.05) is 38.1 Å². The Morgan fingerprint density at radius 2 is 1.77 bits per heavy atom. The second kappa shape index (κ2) is 11.5. The van der Waals surface area contributed by atoms with E-state index in [1.54, 1.807) is 12.1 Å². The van der Waals surface area contributed by atoms with Gasteiger partial charge >= 0.3 is 6.18 Å². The van der Waals surface area contributed by atoms with E-state index >= 15 is 0 Å². The fraction of sp³-hybridized carbons (Fsp3) is 0.435. The number of anilines is 1. The van der Waals surface area contributed by atoms with Crippen LogP contribution < -0.4 is 20.1 Å². The SMILES string of the molecule is COc1cc(CCC(=O)NCC(Nc2ccccc2)C(C)C)ccc1OCC(F)(F)F. The second-order valence-electron chi connectivity index (χ2n) is 7.55. The zero-order valence-corrected chi connectivity index (χ0v) is 18.0. The first-order valence-corrected chi connectivity index (χ1v) is 10.1. The molecule has 0 radical (unpaired) electrons. The summed E-state index contributed by atoms with van der Waals surface area (Å²) >= 11 is 0. The Morgan fingerprint density at radius 1 is 1.06 bits per heavy atom. The Labute approximate surface area is 180 Å².